The molecular formula is C17H20N2OS2. The fourth-order valence-corrected chi connectivity index (χ4v) is 4.73. The van der Waals surface area contributed by atoms with Crippen molar-refractivity contribution in [1.29, 1.82) is 0 Å². The minimum absolute atomic E-state index is 0.0132. The molecule has 0 spiro atoms. The van der Waals surface area contributed by atoms with E-state index in [1.54, 1.807) is 11.3 Å². The van der Waals surface area contributed by atoms with Gasteiger partial charge in [-0.15, -0.1) is 23.1 Å². The van der Waals surface area contributed by atoms with Crippen LogP contribution in [0.1, 0.15) is 35.6 Å². The summed E-state index contributed by atoms with van der Waals surface area (Å²) in [6.45, 7) is 5.13. The van der Waals surface area contributed by atoms with Crippen LogP contribution >= 0.6 is 23.1 Å². The Labute approximate surface area is 139 Å². The van der Waals surface area contributed by atoms with Crippen molar-refractivity contribution < 1.29 is 4.79 Å². The van der Waals surface area contributed by atoms with E-state index in [-0.39, 0.29) is 11.4 Å². The molecule has 1 fully saturated rings. The second-order valence-electron chi connectivity index (χ2n) is 5.64. The summed E-state index contributed by atoms with van der Waals surface area (Å²) in [5.41, 5.74) is 2.14. The molecule has 1 aliphatic rings. The highest BCUT2D eigenvalue weighted by Crippen LogP contribution is 2.40. The molecule has 22 heavy (non-hydrogen) atoms. The number of urea groups is 1. The molecular weight excluding hydrogens is 312 g/mol. The summed E-state index contributed by atoms with van der Waals surface area (Å²) in [6.07, 6.45) is 0. The predicted molar refractivity (Wildman–Crippen MR) is 95.8 cm³/mol. The Morgan fingerprint density at radius 2 is 2.05 bits per heavy atom. The molecule has 3 rings (SSSR count). The van der Waals surface area contributed by atoms with Gasteiger partial charge in [0.05, 0.1) is 0 Å². The summed E-state index contributed by atoms with van der Waals surface area (Å²) < 4.78 is 0. The van der Waals surface area contributed by atoms with Crippen LogP contribution in [0, 0.1) is 0 Å². The SMILES string of the molecule is CC(C)c1ccc(NC(=O)N2CCSC2c2cccs2)cc1. The second kappa shape index (κ2) is 6.75. The van der Waals surface area contributed by atoms with E-state index >= 15 is 0 Å². The van der Waals surface area contributed by atoms with Gasteiger partial charge in [-0.3, -0.25) is 0 Å². The van der Waals surface area contributed by atoms with Gasteiger partial charge in [-0.1, -0.05) is 32.0 Å². The van der Waals surface area contributed by atoms with Crippen LogP contribution in [0.3, 0.4) is 0 Å². The predicted octanol–water partition coefficient (Wildman–Crippen LogP) is 5.15. The van der Waals surface area contributed by atoms with Crippen molar-refractivity contribution in [1.82, 2.24) is 4.90 Å². The zero-order chi connectivity index (χ0) is 15.5. The molecule has 2 amide bonds. The number of carbonyl (C=O) groups is 1. The zero-order valence-electron chi connectivity index (χ0n) is 12.8. The van der Waals surface area contributed by atoms with Gasteiger partial charge in [-0.25, -0.2) is 4.79 Å². The first-order chi connectivity index (χ1) is 10.6. The lowest BCUT2D eigenvalue weighted by molar-refractivity contribution is 0.215. The molecule has 1 N–H and O–H groups in total. The van der Waals surface area contributed by atoms with Gasteiger partial charge in [-0.05, 0) is 35.1 Å². The molecule has 0 radical (unpaired) electrons. The summed E-state index contributed by atoms with van der Waals surface area (Å²) in [7, 11) is 0. The van der Waals surface area contributed by atoms with Crippen LogP contribution < -0.4 is 5.32 Å². The number of nitrogens with zero attached hydrogens (tertiary/aromatic N) is 1. The Bertz CT molecular complexity index is 623. The van der Waals surface area contributed by atoms with Crippen molar-refractivity contribution in [3.05, 3.63) is 52.2 Å². The lowest BCUT2D eigenvalue weighted by Crippen LogP contribution is -2.34. The number of anilines is 1. The first-order valence-electron chi connectivity index (χ1n) is 7.48. The van der Waals surface area contributed by atoms with E-state index in [0.29, 0.717) is 5.92 Å². The van der Waals surface area contributed by atoms with Crippen molar-refractivity contribution >= 4 is 34.8 Å². The molecule has 1 atom stereocenters. The highest BCUT2D eigenvalue weighted by molar-refractivity contribution is 7.99. The highest BCUT2D eigenvalue weighted by Gasteiger charge is 2.31. The van der Waals surface area contributed by atoms with Gasteiger partial charge in [0.1, 0.15) is 5.37 Å². The fourth-order valence-electron chi connectivity index (χ4n) is 2.49. The maximum absolute atomic E-state index is 12.5. The summed E-state index contributed by atoms with van der Waals surface area (Å²) >= 11 is 3.54. The van der Waals surface area contributed by atoms with Gasteiger partial charge >= 0.3 is 6.03 Å². The normalized spacial score (nSPS) is 18.0. The molecule has 1 aromatic carbocycles. The lowest BCUT2D eigenvalue weighted by Gasteiger charge is -2.23. The van der Waals surface area contributed by atoms with Crippen molar-refractivity contribution in [2.75, 3.05) is 17.6 Å². The maximum Gasteiger partial charge on any atom is 0.323 e. The number of rotatable bonds is 3. The molecule has 1 aromatic heterocycles. The third-order valence-corrected chi connectivity index (χ3v) is 6.08. The standard InChI is InChI=1S/C17H20N2OS2/c1-12(2)13-5-7-14(8-6-13)18-17(20)19-9-11-22-16(19)15-4-3-10-21-15/h3-8,10,12,16H,9,11H2,1-2H3,(H,18,20). The van der Waals surface area contributed by atoms with Gasteiger partial charge in [0.2, 0.25) is 0 Å². The Morgan fingerprint density at radius 3 is 2.68 bits per heavy atom. The van der Waals surface area contributed by atoms with Gasteiger partial charge in [0.25, 0.3) is 0 Å². The molecule has 1 unspecified atom stereocenters. The molecule has 2 aromatic rings. The smallest absolute Gasteiger partial charge is 0.308 e. The van der Waals surface area contributed by atoms with E-state index in [0.717, 1.165) is 18.0 Å². The number of nitrogens with one attached hydrogen (secondary N) is 1. The Kier molecular flexibility index (Phi) is 4.74. The third kappa shape index (κ3) is 3.31. The first-order valence-corrected chi connectivity index (χ1v) is 9.40. The largest absolute Gasteiger partial charge is 0.323 e. The number of hydrogen-bond donors (Lipinski definition) is 1. The van der Waals surface area contributed by atoms with Crippen molar-refractivity contribution in [2.45, 2.75) is 25.1 Å². The molecule has 5 heteroatoms. The van der Waals surface area contributed by atoms with E-state index in [1.807, 2.05) is 34.9 Å². The number of thiophene rings is 1. The average Bonchev–Trinajstić information content (AvgIpc) is 3.18. The van der Waals surface area contributed by atoms with E-state index in [4.69, 9.17) is 0 Å². The van der Waals surface area contributed by atoms with Crippen LogP contribution in [0.4, 0.5) is 10.5 Å². The molecule has 0 saturated carbocycles. The van der Waals surface area contributed by atoms with Crippen molar-refractivity contribution in [3.63, 3.8) is 0 Å². The number of carbonyl (C=O) groups excluding carboxylic acids is 1. The Hall–Kier alpha value is -1.46. The number of hydrogen-bond acceptors (Lipinski definition) is 3. The monoisotopic (exact) mass is 332 g/mol. The van der Waals surface area contributed by atoms with Crippen molar-refractivity contribution in [2.24, 2.45) is 0 Å². The van der Waals surface area contributed by atoms with E-state index in [2.05, 4.69) is 42.7 Å². The molecule has 1 aliphatic heterocycles. The number of amides is 2. The number of thioether (sulfide) groups is 1. The minimum Gasteiger partial charge on any atom is -0.308 e. The van der Waals surface area contributed by atoms with Crippen LogP contribution in [0.5, 0.6) is 0 Å². The second-order valence-corrected chi connectivity index (χ2v) is 7.81. The number of benzene rings is 1. The summed E-state index contributed by atoms with van der Waals surface area (Å²) in [5, 5.41) is 5.23. The van der Waals surface area contributed by atoms with Gasteiger partial charge in [-0.2, -0.15) is 0 Å². The van der Waals surface area contributed by atoms with Crippen LogP contribution in [-0.2, 0) is 0 Å². The van der Waals surface area contributed by atoms with Gasteiger partial charge in [0, 0.05) is 22.9 Å². The molecule has 2 heterocycles. The summed E-state index contributed by atoms with van der Waals surface area (Å²) in [4.78, 5) is 15.7. The third-order valence-electron chi connectivity index (χ3n) is 3.77. The summed E-state index contributed by atoms with van der Waals surface area (Å²) in [5.74, 6) is 1.49. The molecule has 1 saturated heterocycles. The fraction of sp³-hybridized carbons (Fsp3) is 0.353. The van der Waals surface area contributed by atoms with E-state index in [9.17, 15) is 4.79 Å². The molecule has 116 valence electrons. The first kappa shape index (κ1) is 15.4. The van der Waals surface area contributed by atoms with Crippen LogP contribution in [-0.4, -0.2) is 23.2 Å². The minimum atomic E-state index is -0.0132. The van der Waals surface area contributed by atoms with Crippen LogP contribution in [0.15, 0.2) is 41.8 Å². The molecule has 3 nitrogen and oxygen atoms in total. The van der Waals surface area contributed by atoms with Gasteiger partial charge < -0.3 is 10.2 Å². The van der Waals surface area contributed by atoms with E-state index in [1.165, 1.54) is 10.4 Å². The Morgan fingerprint density at radius 1 is 1.27 bits per heavy atom. The quantitative estimate of drug-likeness (QED) is 0.843. The highest BCUT2D eigenvalue weighted by atomic mass is 32.2. The van der Waals surface area contributed by atoms with Gasteiger partial charge in [0.15, 0.2) is 0 Å². The average molecular weight is 332 g/mol. The van der Waals surface area contributed by atoms with Crippen LogP contribution in [0.25, 0.3) is 0 Å². The van der Waals surface area contributed by atoms with E-state index < -0.39 is 0 Å². The van der Waals surface area contributed by atoms with Crippen LogP contribution in [0.2, 0.25) is 0 Å². The Balaban J connectivity index is 1.68. The topological polar surface area (TPSA) is 32.3 Å². The molecule has 0 aliphatic carbocycles. The summed E-state index contributed by atoms with van der Waals surface area (Å²) in [6, 6.07) is 12.3. The lowest BCUT2D eigenvalue weighted by atomic mass is 10.0. The zero-order valence-corrected chi connectivity index (χ0v) is 14.4. The maximum atomic E-state index is 12.5. The van der Waals surface area contributed by atoms with Crippen molar-refractivity contribution in [3.8, 4) is 0 Å². The molecule has 0 bridgehead atoms.